The van der Waals surface area contributed by atoms with Gasteiger partial charge in [0.2, 0.25) is 5.78 Å². The van der Waals surface area contributed by atoms with Gasteiger partial charge in [-0.15, -0.1) is 13.0 Å². The molecule has 0 amide bonds. The summed E-state index contributed by atoms with van der Waals surface area (Å²) in [4.78, 5) is 26.8. The second-order valence-electron chi connectivity index (χ2n) is 10.3. The highest BCUT2D eigenvalue weighted by Crippen LogP contribution is 2.46. The van der Waals surface area contributed by atoms with Crippen molar-refractivity contribution < 1.29 is 27.9 Å². The summed E-state index contributed by atoms with van der Waals surface area (Å²) in [7, 11) is -0.521. The fourth-order valence-electron chi connectivity index (χ4n) is 4.19. The molecule has 52 heavy (non-hydrogen) atoms. The highest BCUT2D eigenvalue weighted by atomic mass is 31.2. The molecule has 0 saturated carbocycles. The summed E-state index contributed by atoms with van der Waals surface area (Å²) < 4.78 is 23.1. The molecule has 4 rings (SSSR count). The lowest BCUT2D eigenvalue weighted by Crippen LogP contribution is -2.22. The summed E-state index contributed by atoms with van der Waals surface area (Å²) in [5, 5.41) is 0. The lowest BCUT2D eigenvalue weighted by Gasteiger charge is -2.23. The van der Waals surface area contributed by atoms with E-state index in [-0.39, 0.29) is 34.0 Å². The fraction of sp³-hybridized carbons (Fsp3) is 0.200. The van der Waals surface area contributed by atoms with E-state index in [0.29, 0.717) is 17.1 Å². The Morgan fingerprint density at radius 1 is 0.923 bits per heavy atom. The van der Waals surface area contributed by atoms with E-state index in [1.165, 1.54) is 19.4 Å². The Kier molecular flexibility index (Phi) is 24.2. The number of ether oxygens (including phenoxy) is 1. The van der Waals surface area contributed by atoms with Crippen molar-refractivity contribution in [3.05, 3.63) is 181 Å². The van der Waals surface area contributed by atoms with Crippen LogP contribution in [0.4, 0.5) is 0 Å². The lowest BCUT2D eigenvalue weighted by molar-refractivity contribution is 0.0974. The SMILES string of the molecule is C#CC=C.C=C(C)/C=C\C.C=C1C=CC=CC/C1=C/C=C(\C)OP(O/C=C/C)Oc1cccc2c1C(=O)c1c(OC)cccc1C2=O.C=CC.CC. The smallest absolute Gasteiger partial charge is 0.496 e. The molecule has 2 aliphatic rings. The van der Waals surface area contributed by atoms with Crippen LogP contribution in [0.5, 0.6) is 11.5 Å². The predicted molar refractivity (Wildman–Crippen MR) is 221 cm³/mol. The quantitative estimate of drug-likeness (QED) is 0.0720. The van der Waals surface area contributed by atoms with E-state index < -0.39 is 8.60 Å². The van der Waals surface area contributed by atoms with Crippen LogP contribution < -0.4 is 9.26 Å². The maximum absolute atomic E-state index is 13.6. The summed E-state index contributed by atoms with van der Waals surface area (Å²) in [6.45, 7) is 27.8. The zero-order chi connectivity index (χ0) is 39.5. The van der Waals surface area contributed by atoms with Gasteiger partial charge in [0.1, 0.15) is 17.3 Å². The Balaban J connectivity index is 0.00000148. The highest BCUT2D eigenvalue weighted by molar-refractivity contribution is 7.42. The zero-order valence-corrected chi connectivity index (χ0v) is 32.8. The van der Waals surface area contributed by atoms with Gasteiger partial charge in [-0.1, -0.05) is 124 Å². The molecule has 0 bridgehead atoms. The summed E-state index contributed by atoms with van der Waals surface area (Å²) in [5.74, 6) is 2.64. The van der Waals surface area contributed by atoms with Crippen molar-refractivity contribution in [2.24, 2.45) is 0 Å². The molecule has 0 aliphatic heterocycles. The number of hydrogen-bond acceptors (Lipinski definition) is 6. The minimum Gasteiger partial charge on any atom is -0.496 e. The number of carbonyl (C=O) groups excluding carboxylic acids is 2. The van der Waals surface area contributed by atoms with Crippen molar-refractivity contribution in [2.75, 3.05) is 7.11 Å². The molecule has 0 radical (unpaired) electrons. The minimum atomic E-state index is -1.98. The van der Waals surface area contributed by atoms with Gasteiger partial charge in [-0.3, -0.25) is 9.59 Å². The number of ketones is 2. The van der Waals surface area contributed by atoms with Gasteiger partial charge >= 0.3 is 8.60 Å². The van der Waals surface area contributed by atoms with Crippen LogP contribution in [0, 0.1) is 12.3 Å². The molecular formula is C45H53O6P. The van der Waals surface area contributed by atoms with Crippen molar-refractivity contribution in [3.8, 4) is 23.8 Å². The average Bonchev–Trinajstić information content (AvgIpc) is 3.36. The first kappa shape index (κ1) is 46.4. The van der Waals surface area contributed by atoms with Crippen LogP contribution in [-0.2, 0) is 9.05 Å². The van der Waals surface area contributed by atoms with Crippen LogP contribution >= 0.6 is 8.60 Å². The van der Waals surface area contributed by atoms with Crippen molar-refractivity contribution in [1.29, 1.82) is 0 Å². The molecule has 0 aromatic heterocycles. The van der Waals surface area contributed by atoms with E-state index in [1.54, 1.807) is 62.4 Å². The molecule has 6 nitrogen and oxygen atoms in total. The topological polar surface area (TPSA) is 71.1 Å². The van der Waals surface area contributed by atoms with Crippen LogP contribution in [0.3, 0.4) is 0 Å². The average molecular weight is 721 g/mol. The van der Waals surface area contributed by atoms with E-state index in [0.717, 1.165) is 23.1 Å². The summed E-state index contributed by atoms with van der Waals surface area (Å²) in [6, 6.07) is 9.86. The molecule has 1 unspecified atom stereocenters. The van der Waals surface area contributed by atoms with Crippen LogP contribution in [0.1, 0.15) is 86.7 Å². The molecule has 0 fully saturated rings. The van der Waals surface area contributed by atoms with E-state index in [9.17, 15) is 9.59 Å². The summed E-state index contributed by atoms with van der Waals surface area (Å²) in [5.41, 5.74) is 4.02. The third-order valence-electron chi connectivity index (χ3n) is 6.27. The maximum Gasteiger partial charge on any atom is 0.529 e. The van der Waals surface area contributed by atoms with Crippen LogP contribution in [0.15, 0.2) is 158 Å². The van der Waals surface area contributed by atoms with Gasteiger partial charge in [0.15, 0.2) is 5.78 Å². The Labute approximate surface area is 313 Å². The Hall–Kier alpha value is -5.63. The molecule has 7 heteroatoms. The molecular weight excluding hydrogens is 667 g/mol. The number of benzene rings is 2. The predicted octanol–water partition coefficient (Wildman–Crippen LogP) is 12.7. The molecule has 2 aromatic carbocycles. The Bertz CT molecular complexity index is 1760. The maximum atomic E-state index is 13.6. The van der Waals surface area contributed by atoms with Gasteiger partial charge in [0, 0.05) is 11.1 Å². The third kappa shape index (κ3) is 15.5. The summed E-state index contributed by atoms with van der Waals surface area (Å²) in [6.07, 6.45) is 27.4. The number of hydrogen-bond donors (Lipinski definition) is 0. The van der Waals surface area contributed by atoms with Gasteiger partial charge in [0.05, 0.1) is 24.5 Å². The molecule has 0 saturated heterocycles. The first-order valence-electron chi connectivity index (χ1n) is 16.7. The number of carbonyl (C=O) groups is 2. The second-order valence-corrected chi connectivity index (χ2v) is 11.3. The van der Waals surface area contributed by atoms with E-state index in [2.05, 4.69) is 44.7 Å². The van der Waals surface area contributed by atoms with Gasteiger partial charge in [-0.25, -0.2) is 0 Å². The van der Waals surface area contributed by atoms with E-state index in [4.69, 9.17) is 18.3 Å². The molecule has 2 aromatic rings. The fourth-order valence-corrected chi connectivity index (χ4v) is 5.14. The normalized spacial score (nSPS) is 13.8. The van der Waals surface area contributed by atoms with Gasteiger partial charge < -0.3 is 18.3 Å². The van der Waals surface area contributed by atoms with Crippen LogP contribution in [0.2, 0.25) is 0 Å². The number of terminal acetylenes is 1. The number of rotatable bonds is 9. The lowest BCUT2D eigenvalue weighted by atomic mass is 9.83. The molecule has 1 atom stereocenters. The Morgan fingerprint density at radius 2 is 1.50 bits per heavy atom. The molecule has 0 N–H and O–H groups in total. The number of methoxy groups -OCH3 is 1. The summed E-state index contributed by atoms with van der Waals surface area (Å²) >= 11 is 0. The zero-order valence-electron chi connectivity index (χ0n) is 31.9. The van der Waals surface area contributed by atoms with Gasteiger partial charge in [0.25, 0.3) is 0 Å². The van der Waals surface area contributed by atoms with Crippen molar-refractivity contribution in [2.45, 2.75) is 54.9 Å². The number of fused-ring (bicyclic) bond motifs is 2. The molecule has 0 heterocycles. The highest BCUT2D eigenvalue weighted by Gasteiger charge is 2.35. The third-order valence-corrected chi connectivity index (χ3v) is 7.35. The standard InChI is InChI=1S/C30H27O6P.C6H10.C4H4.C3H6.C2H6/c1-5-19-34-37(35-21(3)17-18-22-12-8-6-7-11-20(22)2)36-26-16-10-14-24-28(26)30(32)27-23(29(24)31)13-9-15-25(27)33-4;1-4-5-6(2)3;1-3-4-2;1-3-2;1-2/h5-11,13-19H,2,12H2,1,3-4H3;4-5H,2H2,1,3H3;1,4H,2H2;3H,1H2,2H3;1-2H3/b19-5+,21-17+,22-18-;5-4-;;;. The minimum absolute atomic E-state index is 0.154. The van der Waals surface area contributed by atoms with Gasteiger partial charge in [-0.2, -0.15) is 0 Å². The monoisotopic (exact) mass is 720 g/mol. The van der Waals surface area contributed by atoms with Crippen LogP contribution in [0.25, 0.3) is 0 Å². The molecule has 0 spiro atoms. The molecule has 2 aliphatic carbocycles. The largest absolute Gasteiger partial charge is 0.529 e. The van der Waals surface area contributed by atoms with Gasteiger partial charge in [-0.05, 0) is 76.5 Å². The number of allylic oxidation sites excluding steroid dienone is 15. The molecule has 274 valence electrons. The first-order valence-corrected chi connectivity index (χ1v) is 17.8. The second kappa shape index (κ2) is 27.1. The van der Waals surface area contributed by atoms with Crippen LogP contribution in [-0.4, -0.2) is 18.7 Å². The Morgan fingerprint density at radius 3 is 2.00 bits per heavy atom. The van der Waals surface area contributed by atoms with Crippen molar-refractivity contribution in [1.82, 2.24) is 0 Å². The van der Waals surface area contributed by atoms with Crippen molar-refractivity contribution >= 4 is 20.2 Å². The first-order chi connectivity index (χ1) is 25.0. The van der Waals surface area contributed by atoms with E-state index in [1.807, 2.05) is 77.2 Å². The van der Waals surface area contributed by atoms with Crippen molar-refractivity contribution in [3.63, 3.8) is 0 Å². The van der Waals surface area contributed by atoms with E-state index >= 15 is 0 Å².